The third-order valence-electron chi connectivity index (χ3n) is 3.07. The fourth-order valence-electron chi connectivity index (χ4n) is 1.97. The van der Waals surface area contributed by atoms with E-state index in [1.807, 2.05) is 0 Å². The Bertz CT molecular complexity index is 704. The van der Waals surface area contributed by atoms with Gasteiger partial charge >= 0.3 is 0 Å². The van der Waals surface area contributed by atoms with E-state index in [4.69, 9.17) is 5.73 Å². The number of nitrogen functional groups attached to an aromatic ring is 1. The van der Waals surface area contributed by atoms with Crippen LogP contribution in [0, 0.1) is 6.92 Å². The Morgan fingerprint density at radius 1 is 1.10 bits per heavy atom. The number of aromatic hydroxyl groups is 1. The molecule has 3 N–H and O–H groups in total. The van der Waals surface area contributed by atoms with Crippen LogP contribution in [0.15, 0.2) is 47.4 Å². The molecule has 0 spiro atoms. The van der Waals surface area contributed by atoms with Gasteiger partial charge < -0.3 is 10.8 Å². The summed E-state index contributed by atoms with van der Waals surface area (Å²) in [5.74, 6) is 0.0787. The van der Waals surface area contributed by atoms with E-state index in [2.05, 4.69) is 0 Å². The molecule has 0 aliphatic carbocycles. The molecule has 2 aromatic carbocycles. The highest BCUT2D eigenvalue weighted by molar-refractivity contribution is 7.93. The van der Waals surface area contributed by atoms with Gasteiger partial charge in [0.15, 0.2) is 0 Å². The molecule has 0 aliphatic rings. The average molecular weight is 292 g/mol. The van der Waals surface area contributed by atoms with Gasteiger partial charge in [-0.1, -0.05) is 12.1 Å². The smallest absolute Gasteiger partial charge is 0.266 e. The first-order chi connectivity index (χ1) is 9.34. The fraction of sp³-hybridized carbons (Fsp3) is 0.143. The molecule has 0 atom stereocenters. The summed E-state index contributed by atoms with van der Waals surface area (Å²) in [7, 11) is -2.29. The quantitative estimate of drug-likeness (QED) is 0.849. The number of aryl methyl sites for hydroxylation is 1. The normalized spacial score (nSPS) is 11.3. The molecular formula is C14H16N2O3S. The van der Waals surface area contributed by atoms with Crippen molar-refractivity contribution in [1.82, 2.24) is 0 Å². The van der Waals surface area contributed by atoms with Crippen LogP contribution in [0.5, 0.6) is 5.75 Å². The van der Waals surface area contributed by atoms with Crippen molar-refractivity contribution >= 4 is 21.4 Å². The maximum Gasteiger partial charge on any atom is 0.266 e. The molecule has 2 aromatic rings. The third-order valence-corrected chi connectivity index (χ3v) is 5.08. The van der Waals surface area contributed by atoms with Gasteiger partial charge in [-0.3, -0.25) is 4.31 Å². The van der Waals surface area contributed by atoms with Gasteiger partial charge in [0.2, 0.25) is 0 Å². The highest BCUT2D eigenvalue weighted by atomic mass is 32.2. The number of nitrogens with two attached hydrogens (primary N) is 1. The van der Waals surface area contributed by atoms with Crippen molar-refractivity contribution in [3.63, 3.8) is 0 Å². The van der Waals surface area contributed by atoms with Gasteiger partial charge in [-0.25, -0.2) is 8.42 Å². The standard InChI is InChI=1S/C14H16N2O3S/c1-10-4-3-5-13(15)14(10)20(18,19)16(2)11-6-8-12(17)9-7-11/h3-9,17H,15H2,1-2H3. The maximum atomic E-state index is 12.6. The Morgan fingerprint density at radius 2 is 1.70 bits per heavy atom. The number of sulfonamides is 1. The van der Waals surface area contributed by atoms with Crippen LogP contribution in [-0.4, -0.2) is 20.6 Å². The summed E-state index contributed by atoms with van der Waals surface area (Å²) in [4.78, 5) is 0.107. The minimum absolute atomic E-state index is 0.0787. The van der Waals surface area contributed by atoms with Crippen molar-refractivity contribution in [2.45, 2.75) is 11.8 Å². The first kappa shape index (κ1) is 14.2. The number of phenols is 1. The summed E-state index contributed by atoms with van der Waals surface area (Å²) in [6.45, 7) is 1.70. The number of benzene rings is 2. The molecule has 6 heteroatoms. The van der Waals surface area contributed by atoms with E-state index in [0.29, 0.717) is 11.3 Å². The lowest BCUT2D eigenvalue weighted by atomic mass is 10.2. The number of anilines is 2. The number of hydrogen-bond donors (Lipinski definition) is 2. The lowest BCUT2D eigenvalue weighted by molar-refractivity contribution is 0.475. The van der Waals surface area contributed by atoms with E-state index in [1.165, 1.54) is 31.3 Å². The summed E-state index contributed by atoms with van der Waals surface area (Å²) in [5.41, 5.74) is 7.06. The Kier molecular flexibility index (Phi) is 3.59. The minimum Gasteiger partial charge on any atom is -0.508 e. The summed E-state index contributed by atoms with van der Waals surface area (Å²) in [6, 6.07) is 10.9. The SMILES string of the molecule is Cc1cccc(N)c1S(=O)(=O)N(C)c1ccc(O)cc1. The zero-order valence-corrected chi connectivity index (χ0v) is 12.1. The molecule has 0 aliphatic heterocycles. The van der Waals surface area contributed by atoms with E-state index >= 15 is 0 Å². The van der Waals surface area contributed by atoms with Crippen molar-refractivity contribution in [3.8, 4) is 5.75 Å². The van der Waals surface area contributed by atoms with E-state index in [0.717, 1.165) is 4.31 Å². The molecule has 0 bridgehead atoms. The molecule has 2 rings (SSSR count). The van der Waals surface area contributed by atoms with Crippen molar-refractivity contribution < 1.29 is 13.5 Å². The molecular weight excluding hydrogens is 276 g/mol. The van der Waals surface area contributed by atoms with Gasteiger partial charge in [-0.05, 0) is 42.8 Å². The van der Waals surface area contributed by atoms with Crippen LogP contribution in [-0.2, 0) is 10.0 Å². The lowest BCUT2D eigenvalue weighted by Crippen LogP contribution is -2.27. The fourth-order valence-corrected chi connectivity index (χ4v) is 3.48. The molecule has 0 heterocycles. The summed E-state index contributed by atoms with van der Waals surface area (Å²) in [6.07, 6.45) is 0. The number of hydrogen-bond acceptors (Lipinski definition) is 4. The van der Waals surface area contributed by atoms with Crippen LogP contribution in [0.3, 0.4) is 0 Å². The Labute approximate surface area is 118 Å². The Hall–Kier alpha value is -2.21. The monoisotopic (exact) mass is 292 g/mol. The molecule has 0 fully saturated rings. The Morgan fingerprint density at radius 3 is 2.25 bits per heavy atom. The van der Waals surface area contributed by atoms with Crippen LogP contribution >= 0.6 is 0 Å². The van der Waals surface area contributed by atoms with E-state index in [1.54, 1.807) is 25.1 Å². The summed E-state index contributed by atoms with van der Waals surface area (Å²) in [5, 5.41) is 9.26. The first-order valence-electron chi connectivity index (χ1n) is 5.97. The second-order valence-corrected chi connectivity index (χ2v) is 6.39. The van der Waals surface area contributed by atoms with Crippen LogP contribution in [0.2, 0.25) is 0 Å². The average Bonchev–Trinajstić information content (AvgIpc) is 2.38. The molecule has 0 aromatic heterocycles. The zero-order chi connectivity index (χ0) is 14.9. The highest BCUT2D eigenvalue weighted by Crippen LogP contribution is 2.29. The van der Waals surface area contributed by atoms with Crippen LogP contribution in [0.25, 0.3) is 0 Å². The van der Waals surface area contributed by atoms with Crippen LogP contribution in [0.1, 0.15) is 5.56 Å². The predicted octanol–water partition coefficient (Wildman–Crippen LogP) is 2.11. The highest BCUT2D eigenvalue weighted by Gasteiger charge is 2.25. The van der Waals surface area contributed by atoms with Crippen molar-refractivity contribution in [3.05, 3.63) is 48.0 Å². The summed E-state index contributed by atoms with van der Waals surface area (Å²) >= 11 is 0. The lowest BCUT2D eigenvalue weighted by Gasteiger charge is -2.21. The number of nitrogens with zero attached hydrogens (tertiary/aromatic N) is 1. The summed E-state index contributed by atoms with van der Waals surface area (Å²) < 4.78 is 26.4. The van der Waals surface area contributed by atoms with Gasteiger partial charge in [0.25, 0.3) is 10.0 Å². The van der Waals surface area contributed by atoms with Crippen molar-refractivity contribution in [2.24, 2.45) is 0 Å². The van der Waals surface area contributed by atoms with Gasteiger partial charge in [0.05, 0.1) is 11.4 Å². The second kappa shape index (κ2) is 5.05. The van der Waals surface area contributed by atoms with Crippen LogP contribution in [0.4, 0.5) is 11.4 Å². The molecule has 106 valence electrons. The van der Waals surface area contributed by atoms with Gasteiger partial charge in [-0.2, -0.15) is 0 Å². The predicted molar refractivity (Wildman–Crippen MR) is 79.3 cm³/mol. The molecule has 0 radical (unpaired) electrons. The molecule has 0 saturated carbocycles. The van der Waals surface area contributed by atoms with Gasteiger partial charge in [0.1, 0.15) is 10.6 Å². The minimum atomic E-state index is -3.74. The van der Waals surface area contributed by atoms with Gasteiger partial charge in [-0.15, -0.1) is 0 Å². The Balaban J connectivity index is 2.52. The van der Waals surface area contributed by atoms with Crippen molar-refractivity contribution in [1.29, 1.82) is 0 Å². The number of phenolic OH excluding ortho intramolecular Hbond substituents is 1. The third kappa shape index (κ3) is 2.42. The molecule has 0 saturated heterocycles. The largest absolute Gasteiger partial charge is 0.508 e. The van der Waals surface area contributed by atoms with E-state index in [9.17, 15) is 13.5 Å². The first-order valence-corrected chi connectivity index (χ1v) is 7.41. The zero-order valence-electron chi connectivity index (χ0n) is 11.2. The maximum absolute atomic E-state index is 12.6. The van der Waals surface area contributed by atoms with E-state index < -0.39 is 10.0 Å². The molecule has 0 unspecified atom stereocenters. The van der Waals surface area contributed by atoms with Gasteiger partial charge in [0, 0.05) is 7.05 Å². The molecule has 5 nitrogen and oxygen atoms in total. The molecule has 20 heavy (non-hydrogen) atoms. The van der Waals surface area contributed by atoms with E-state index in [-0.39, 0.29) is 16.3 Å². The second-order valence-electron chi connectivity index (χ2n) is 4.48. The number of rotatable bonds is 3. The topological polar surface area (TPSA) is 83.6 Å². The van der Waals surface area contributed by atoms with Crippen LogP contribution < -0.4 is 10.0 Å². The van der Waals surface area contributed by atoms with Crippen molar-refractivity contribution in [2.75, 3.05) is 17.1 Å². The molecule has 0 amide bonds.